The fraction of sp³-hybridized carbons (Fsp3) is 1.00. The molecule has 1 atom stereocenters. The Hall–Kier alpha value is -0.0400. The minimum Gasteiger partial charge on any atom is -0.314 e. The van der Waals surface area contributed by atoms with E-state index in [0.717, 1.165) is 17.9 Å². The molecule has 0 spiro atoms. The van der Waals surface area contributed by atoms with E-state index in [1.165, 1.54) is 70.8 Å². The molecule has 0 aromatic heterocycles. The first-order valence-electron chi connectivity index (χ1n) is 7.62. The van der Waals surface area contributed by atoms with Crippen molar-refractivity contribution in [3.05, 3.63) is 0 Å². The zero-order valence-electron chi connectivity index (χ0n) is 11.0. The molecule has 94 valence electrons. The molecule has 0 aliphatic heterocycles. The molecule has 2 aliphatic carbocycles. The van der Waals surface area contributed by atoms with Crippen LogP contribution in [-0.2, 0) is 0 Å². The molecule has 0 heterocycles. The van der Waals surface area contributed by atoms with E-state index in [1.807, 2.05) is 0 Å². The highest BCUT2D eigenvalue weighted by Gasteiger charge is 2.25. The van der Waals surface area contributed by atoms with Gasteiger partial charge >= 0.3 is 0 Å². The summed E-state index contributed by atoms with van der Waals surface area (Å²) < 4.78 is 0. The SMILES string of the molecule is CCCNC(CC1CCCC1)CC1CCC1. The fourth-order valence-corrected chi connectivity index (χ4v) is 3.39. The maximum atomic E-state index is 3.80. The molecule has 1 nitrogen and oxygen atoms in total. The zero-order chi connectivity index (χ0) is 11.2. The van der Waals surface area contributed by atoms with Gasteiger partial charge in [0.25, 0.3) is 0 Å². The third-order valence-electron chi connectivity index (χ3n) is 4.62. The van der Waals surface area contributed by atoms with Gasteiger partial charge in [0.15, 0.2) is 0 Å². The summed E-state index contributed by atoms with van der Waals surface area (Å²) in [5, 5.41) is 3.80. The van der Waals surface area contributed by atoms with Gasteiger partial charge in [-0.25, -0.2) is 0 Å². The van der Waals surface area contributed by atoms with Crippen molar-refractivity contribution in [3.63, 3.8) is 0 Å². The maximum Gasteiger partial charge on any atom is 0.00723 e. The van der Waals surface area contributed by atoms with Crippen molar-refractivity contribution < 1.29 is 0 Å². The van der Waals surface area contributed by atoms with Crippen molar-refractivity contribution in [2.45, 2.75) is 77.2 Å². The van der Waals surface area contributed by atoms with E-state index < -0.39 is 0 Å². The van der Waals surface area contributed by atoms with Crippen LogP contribution in [0.4, 0.5) is 0 Å². The summed E-state index contributed by atoms with van der Waals surface area (Å²) in [4.78, 5) is 0. The number of hydrogen-bond acceptors (Lipinski definition) is 1. The van der Waals surface area contributed by atoms with Gasteiger partial charge in [0, 0.05) is 6.04 Å². The minimum absolute atomic E-state index is 0.841. The molecule has 0 aromatic rings. The van der Waals surface area contributed by atoms with Crippen molar-refractivity contribution in [1.29, 1.82) is 0 Å². The smallest absolute Gasteiger partial charge is 0.00723 e. The lowest BCUT2D eigenvalue weighted by molar-refractivity contribution is 0.240. The largest absolute Gasteiger partial charge is 0.314 e. The highest BCUT2D eigenvalue weighted by molar-refractivity contribution is 4.81. The lowest BCUT2D eigenvalue weighted by atomic mass is 9.79. The fourth-order valence-electron chi connectivity index (χ4n) is 3.39. The molecule has 0 bridgehead atoms. The van der Waals surface area contributed by atoms with Crippen LogP contribution in [0, 0.1) is 11.8 Å². The number of nitrogens with one attached hydrogen (secondary N) is 1. The molecular weight excluding hydrogens is 194 g/mol. The van der Waals surface area contributed by atoms with Crippen LogP contribution in [0.5, 0.6) is 0 Å². The Morgan fingerprint density at radius 1 is 0.938 bits per heavy atom. The zero-order valence-corrected chi connectivity index (χ0v) is 11.0. The molecule has 2 saturated carbocycles. The molecule has 2 fully saturated rings. The first-order chi connectivity index (χ1) is 7.88. The van der Waals surface area contributed by atoms with E-state index in [1.54, 1.807) is 0 Å². The Bertz CT molecular complexity index is 180. The maximum absolute atomic E-state index is 3.80. The summed E-state index contributed by atoms with van der Waals surface area (Å²) >= 11 is 0. The molecule has 2 rings (SSSR count). The monoisotopic (exact) mass is 223 g/mol. The number of rotatable bonds is 7. The Kier molecular flexibility index (Phi) is 5.15. The second-order valence-corrected chi connectivity index (χ2v) is 6.07. The highest BCUT2D eigenvalue weighted by atomic mass is 14.9. The van der Waals surface area contributed by atoms with Gasteiger partial charge in [-0.3, -0.25) is 0 Å². The molecule has 1 heteroatoms. The summed E-state index contributed by atoms with van der Waals surface area (Å²) in [6, 6.07) is 0.841. The molecule has 0 radical (unpaired) electrons. The first kappa shape index (κ1) is 12.4. The lowest BCUT2D eigenvalue weighted by Crippen LogP contribution is -2.34. The average Bonchev–Trinajstić information content (AvgIpc) is 2.72. The molecule has 0 amide bonds. The van der Waals surface area contributed by atoms with E-state index in [4.69, 9.17) is 0 Å². The van der Waals surface area contributed by atoms with Crippen LogP contribution < -0.4 is 5.32 Å². The van der Waals surface area contributed by atoms with Crippen LogP contribution in [-0.4, -0.2) is 12.6 Å². The highest BCUT2D eigenvalue weighted by Crippen LogP contribution is 2.34. The Labute approximate surface area is 101 Å². The summed E-state index contributed by atoms with van der Waals surface area (Å²) in [5.41, 5.74) is 0. The van der Waals surface area contributed by atoms with Crippen LogP contribution in [0.25, 0.3) is 0 Å². The van der Waals surface area contributed by atoms with Crippen LogP contribution in [0.15, 0.2) is 0 Å². The van der Waals surface area contributed by atoms with E-state index in [2.05, 4.69) is 12.2 Å². The number of hydrogen-bond donors (Lipinski definition) is 1. The quantitative estimate of drug-likeness (QED) is 0.684. The van der Waals surface area contributed by atoms with Crippen LogP contribution in [0.1, 0.15) is 71.1 Å². The predicted molar refractivity (Wildman–Crippen MR) is 70.6 cm³/mol. The van der Waals surface area contributed by atoms with Crippen molar-refractivity contribution in [1.82, 2.24) is 5.32 Å². The van der Waals surface area contributed by atoms with Crippen LogP contribution in [0.3, 0.4) is 0 Å². The van der Waals surface area contributed by atoms with Crippen molar-refractivity contribution in [3.8, 4) is 0 Å². The topological polar surface area (TPSA) is 12.0 Å². The third-order valence-corrected chi connectivity index (χ3v) is 4.62. The van der Waals surface area contributed by atoms with E-state index in [9.17, 15) is 0 Å². The molecule has 2 aliphatic rings. The molecule has 1 N–H and O–H groups in total. The predicted octanol–water partition coefficient (Wildman–Crippen LogP) is 4.13. The molecular formula is C15H29N. The summed E-state index contributed by atoms with van der Waals surface area (Å²) in [6.45, 7) is 3.51. The van der Waals surface area contributed by atoms with E-state index in [0.29, 0.717) is 0 Å². The van der Waals surface area contributed by atoms with Crippen LogP contribution in [0.2, 0.25) is 0 Å². The first-order valence-corrected chi connectivity index (χ1v) is 7.62. The second kappa shape index (κ2) is 6.64. The molecule has 1 unspecified atom stereocenters. The summed E-state index contributed by atoms with van der Waals surface area (Å²) in [6.07, 6.45) is 14.7. The molecule has 16 heavy (non-hydrogen) atoms. The van der Waals surface area contributed by atoms with Gasteiger partial charge in [-0.1, -0.05) is 51.9 Å². The third kappa shape index (κ3) is 3.76. The van der Waals surface area contributed by atoms with Gasteiger partial charge in [0.05, 0.1) is 0 Å². The van der Waals surface area contributed by atoms with E-state index in [-0.39, 0.29) is 0 Å². The van der Waals surface area contributed by atoms with Crippen LogP contribution >= 0.6 is 0 Å². The van der Waals surface area contributed by atoms with Gasteiger partial charge in [-0.2, -0.15) is 0 Å². The van der Waals surface area contributed by atoms with Crippen molar-refractivity contribution in [2.75, 3.05) is 6.54 Å². The Balaban J connectivity index is 1.70. The summed E-state index contributed by atoms with van der Waals surface area (Å²) in [5.74, 6) is 2.12. The lowest BCUT2D eigenvalue weighted by Gasteiger charge is -2.31. The van der Waals surface area contributed by atoms with Gasteiger partial charge in [-0.05, 0) is 37.6 Å². The van der Waals surface area contributed by atoms with E-state index >= 15 is 0 Å². The molecule has 0 aromatic carbocycles. The van der Waals surface area contributed by atoms with Crippen molar-refractivity contribution >= 4 is 0 Å². The van der Waals surface area contributed by atoms with Gasteiger partial charge in [0.2, 0.25) is 0 Å². The van der Waals surface area contributed by atoms with Crippen molar-refractivity contribution in [2.24, 2.45) is 11.8 Å². The summed E-state index contributed by atoms with van der Waals surface area (Å²) in [7, 11) is 0. The second-order valence-electron chi connectivity index (χ2n) is 6.07. The standard InChI is InChI=1S/C15H29N/c1-2-10-16-15(12-14-8-5-9-14)11-13-6-3-4-7-13/h13-16H,2-12H2,1H3. The average molecular weight is 223 g/mol. The van der Waals surface area contributed by atoms with Gasteiger partial charge < -0.3 is 5.32 Å². The van der Waals surface area contributed by atoms with Gasteiger partial charge in [-0.15, -0.1) is 0 Å². The normalized spacial score (nSPS) is 24.6. The minimum atomic E-state index is 0.841. The van der Waals surface area contributed by atoms with Gasteiger partial charge in [0.1, 0.15) is 0 Å². The Morgan fingerprint density at radius 2 is 1.50 bits per heavy atom. The molecule has 0 saturated heterocycles. The Morgan fingerprint density at radius 3 is 1.94 bits per heavy atom.